The number of methoxy groups -OCH3 is 1. The Morgan fingerprint density at radius 2 is 1.92 bits per heavy atom. The average molecular weight is 192 g/mol. The monoisotopic (exact) mass is 192 g/mol. The second-order valence-corrected chi connectivity index (χ2v) is 3.30. The summed E-state index contributed by atoms with van der Waals surface area (Å²) in [5.74, 6) is -0.300. The van der Waals surface area contributed by atoms with Crippen molar-refractivity contribution < 1.29 is 24.8 Å². The van der Waals surface area contributed by atoms with Crippen molar-refractivity contribution in [3.8, 4) is 0 Å². The summed E-state index contributed by atoms with van der Waals surface area (Å²) in [5, 5.41) is 27.9. The SMILES string of the molecule is CO[C@@H]1OC(CO)C(C)[C@H](O)C1O. The average Bonchev–Trinajstić information content (AvgIpc) is 2.15. The third kappa shape index (κ3) is 2.00. The van der Waals surface area contributed by atoms with Crippen LogP contribution in [-0.2, 0) is 9.47 Å². The van der Waals surface area contributed by atoms with E-state index >= 15 is 0 Å². The fraction of sp³-hybridized carbons (Fsp3) is 1.00. The highest BCUT2D eigenvalue weighted by atomic mass is 16.7. The van der Waals surface area contributed by atoms with Crippen LogP contribution < -0.4 is 0 Å². The van der Waals surface area contributed by atoms with Gasteiger partial charge in [-0.25, -0.2) is 0 Å². The summed E-state index contributed by atoms with van der Waals surface area (Å²) in [4.78, 5) is 0. The van der Waals surface area contributed by atoms with Gasteiger partial charge in [0.25, 0.3) is 0 Å². The number of aliphatic hydroxyl groups is 3. The largest absolute Gasteiger partial charge is 0.394 e. The van der Waals surface area contributed by atoms with Crippen molar-refractivity contribution in [1.29, 1.82) is 0 Å². The Hall–Kier alpha value is -0.200. The van der Waals surface area contributed by atoms with Gasteiger partial charge in [-0.2, -0.15) is 0 Å². The predicted molar refractivity (Wildman–Crippen MR) is 43.9 cm³/mol. The molecule has 5 atom stereocenters. The number of aliphatic hydroxyl groups excluding tert-OH is 3. The number of ether oxygens (including phenoxy) is 2. The first-order chi connectivity index (χ1) is 6.11. The summed E-state index contributed by atoms with van der Waals surface area (Å²) in [6.07, 6.45) is -3.31. The maximum atomic E-state index is 9.53. The van der Waals surface area contributed by atoms with Crippen LogP contribution in [0.1, 0.15) is 6.92 Å². The molecule has 0 amide bonds. The van der Waals surface area contributed by atoms with E-state index in [1.54, 1.807) is 6.92 Å². The van der Waals surface area contributed by atoms with E-state index in [1.807, 2.05) is 0 Å². The van der Waals surface area contributed by atoms with Crippen LogP contribution in [0.2, 0.25) is 0 Å². The fourth-order valence-electron chi connectivity index (χ4n) is 1.47. The topological polar surface area (TPSA) is 79.2 Å². The van der Waals surface area contributed by atoms with Gasteiger partial charge in [-0.15, -0.1) is 0 Å². The predicted octanol–water partition coefficient (Wildman–Crippen LogP) is -1.29. The van der Waals surface area contributed by atoms with Crippen LogP contribution in [0.4, 0.5) is 0 Å². The minimum atomic E-state index is -1.05. The van der Waals surface area contributed by atoms with Gasteiger partial charge in [0.05, 0.1) is 18.8 Å². The molecule has 0 aromatic carbocycles. The molecule has 5 heteroatoms. The lowest BCUT2D eigenvalue weighted by Gasteiger charge is -2.40. The molecule has 0 aromatic heterocycles. The van der Waals surface area contributed by atoms with Gasteiger partial charge < -0.3 is 24.8 Å². The standard InChI is InChI=1S/C8H16O5/c1-4-5(3-9)13-8(12-2)7(11)6(4)10/h4-11H,3H2,1-2H3/t4?,5?,6-,7?,8+/m0/s1. The zero-order chi connectivity index (χ0) is 10.0. The molecule has 0 aliphatic carbocycles. The first kappa shape index (κ1) is 10.9. The van der Waals surface area contributed by atoms with Crippen molar-refractivity contribution in [3.63, 3.8) is 0 Å². The minimum absolute atomic E-state index is 0.190. The van der Waals surface area contributed by atoms with Crippen molar-refractivity contribution in [3.05, 3.63) is 0 Å². The molecule has 3 unspecified atom stereocenters. The van der Waals surface area contributed by atoms with Gasteiger partial charge in [0.1, 0.15) is 6.10 Å². The summed E-state index contributed by atoms with van der Waals surface area (Å²) >= 11 is 0. The molecule has 1 aliphatic heterocycles. The molecule has 1 fully saturated rings. The van der Waals surface area contributed by atoms with Crippen molar-refractivity contribution in [1.82, 2.24) is 0 Å². The lowest BCUT2D eigenvalue weighted by atomic mass is 9.91. The molecule has 0 radical (unpaired) electrons. The molecule has 0 spiro atoms. The highest BCUT2D eigenvalue weighted by Crippen LogP contribution is 2.25. The highest BCUT2D eigenvalue weighted by molar-refractivity contribution is 4.86. The Morgan fingerprint density at radius 1 is 1.31 bits per heavy atom. The third-order valence-corrected chi connectivity index (χ3v) is 2.48. The van der Waals surface area contributed by atoms with Gasteiger partial charge in [-0.1, -0.05) is 6.92 Å². The van der Waals surface area contributed by atoms with E-state index in [0.29, 0.717) is 0 Å². The van der Waals surface area contributed by atoms with Crippen molar-refractivity contribution >= 4 is 0 Å². The molecule has 1 saturated heterocycles. The molecule has 1 aliphatic rings. The lowest BCUT2D eigenvalue weighted by molar-refractivity contribution is -0.280. The second-order valence-electron chi connectivity index (χ2n) is 3.30. The zero-order valence-electron chi connectivity index (χ0n) is 7.75. The number of hydrogen-bond donors (Lipinski definition) is 3. The van der Waals surface area contributed by atoms with Gasteiger partial charge in [-0.3, -0.25) is 0 Å². The second kappa shape index (κ2) is 4.34. The van der Waals surface area contributed by atoms with E-state index in [-0.39, 0.29) is 12.5 Å². The third-order valence-electron chi connectivity index (χ3n) is 2.48. The molecule has 0 bridgehead atoms. The highest BCUT2D eigenvalue weighted by Gasteiger charge is 2.41. The summed E-state index contributed by atoms with van der Waals surface area (Å²) in [7, 11) is 1.38. The fourth-order valence-corrected chi connectivity index (χ4v) is 1.47. The first-order valence-corrected chi connectivity index (χ1v) is 4.27. The number of rotatable bonds is 2. The van der Waals surface area contributed by atoms with Crippen LogP contribution in [0.25, 0.3) is 0 Å². The molecule has 3 N–H and O–H groups in total. The van der Waals surface area contributed by atoms with Crippen LogP contribution >= 0.6 is 0 Å². The Balaban J connectivity index is 2.66. The summed E-state index contributed by atoms with van der Waals surface area (Å²) in [6, 6.07) is 0. The first-order valence-electron chi connectivity index (χ1n) is 4.27. The molecular weight excluding hydrogens is 176 g/mol. The van der Waals surface area contributed by atoms with Crippen LogP contribution in [-0.4, -0.2) is 53.6 Å². The van der Waals surface area contributed by atoms with Crippen molar-refractivity contribution in [2.45, 2.75) is 31.5 Å². The van der Waals surface area contributed by atoms with Gasteiger partial charge in [-0.05, 0) is 0 Å². The normalized spacial score (nSPS) is 46.4. The Morgan fingerprint density at radius 3 is 2.38 bits per heavy atom. The maximum absolute atomic E-state index is 9.53. The van der Waals surface area contributed by atoms with Gasteiger partial charge in [0.15, 0.2) is 6.29 Å². The molecule has 78 valence electrons. The Labute approximate surface area is 76.9 Å². The summed E-state index contributed by atoms with van der Waals surface area (Å²) in [6.45, 7) is 1.52. The van der Waals surface area contributed by atoms with E-state index in [9.17, 15) is 10.2 Å². The Kier molecular flexibility index (Phi) is 3.63. The van der Waals surface area contributed by atoms with E-state index in [4.69, 9.17) is 14.6 Å². The quantitative estimate of drug-likeness (QED) is 0.507. The molecule has 1 heterocycles. The molecule has 5 nitrogen and oxygen atoms in total. The lowest BCUT2D eigenvalue weighted by Crippen LogP contribution is -2.55. The molecular formula is C8H16O5. The Bertz CT molecular complexity index is 143. The van der Waals surface area contributed by atoms with E-state index in [2.05, 4.69) is 0 Å². The van der Waals surface area contributed by atoms with Crippen LogP contribution in [0.5, 0.6) is 0 Å². The van der Waals surface area contributed by atoms with Crippen LogP contribution in [0.15, 0.2) is 0 Å². The number of hydrogen-bond acceptors (Lipinski definition) is 5. The van der Waals surface area contributed by atoms with Gasteiger partial charge >= 0.3 is 0 Å². The minimum Gasteiger partial charge on any atom is -0.394 e. The van der Waals surface area contributed by atoms with E-state index in [1.165, 1.54) is 7.11 Å². The molecule has 0 saturated carbocycles. The maximum Gasteiger partial charge on any atom is 0.186 e. The smallest absolute Gasteiger partial charge is 0.186 e. The zero-order valence-corrected chi connectivity index (χ0v) is 7.75. The van der Waals surface area contributed by atoms with E-state index < -0.39 is 24.6 Å². The summed E-state index contributed by atoms with van der Waals surface area (Å²) in [5.41, 5.74) is 0. The summed E-state index contributed by atoms with van der Waals surface area (Å²) < 4.78 is 10.0. The van der Waals surface area contributed by atoms with Gasteiger partial charge in [0, 0.05) is 13.0 Å². The van der Waals surface area contributed by atoms with E-state index in [0.717, 1.165) is 0 Å². The van der Waals surface area contributed by atoms with Crippen LogP contribution in [0, 0.1) is 5.92 Å². The molecule has 0 aromatic rings. The van der Waals surface area contributed by atoms with Crippen molar-refractivity contribution in [2.24, 2.45) is 5.92 Å². The molecule has 1 rings (SSSR count). The van der Waals surface area contributed by atoms with Crippen LogP contribution in [0.3, 0.4) is 0 Å². The van der Waals surface area contributed by atoms with Crippen molar-refractivity contribution in [2.75, 3.05) is 13.7 Å². The molecule has 13 heavy (non-hydrogen) atoms. The van der Waals surface area contributed by atoms with Gasteiger partial charge in [0.2, 0.25) is 0 Å².